The average Bonchev–Trinajstić information content (AvgIpc) is 2.30. The molecule has 0 atom stereocenters. The summed E-state index contributed by atoms with van der Waals surface area (Å²) in [6.45, 7) is 1.91. The van der Waals surface area contributed by atoms with E-state index in [2.05, 4.69) is 10.2 Å². The van der Waals surface area contributed by atoms with Crippen molar-refractivity contribution in [2.75, 3.05) is 12.3 Å². The topological polar surface area (TPSA) is 98.1 Å². The molecule has 0 amide bonds. The van der Waals surface area contributed by atoms with Crippen molar-refractivity contribution in [2.45, 2.75) is 6.92 Å². The SMILES string of the molecule is CCOC(=O)c1c(N)ccc2[nH]ncc(=O)c12. The van der Waals surface area contributed by atoms with Gasteiger partial charge in [0.05, 0.1) is 29.3 Å². The van der Waals surface area contributed by atoms with Gasteiger partial charge in [-0.15, -0.1) is 0 Å². The molecule has 6 nitrogen and oxygen atoms in total. The van der Waals surface area contributed by atoms with Crippen molar-refractivity contribution in [3.8, 4) is 0 Å². The molecule has 17 heavy (non-hydrogen) atoms. The molecule has 2 aromatic rings. The molecule has 6 heteroatoms. The summed E-state index contributed by atoms with van der Waals surface area (Å²) in [5.74, 6) is -0.604. The van der Waals surface area contributed by atoms with Crippen LogP contribution in [-0.2, 0) is 4.74 Å². The van der Waals surface area contributed by atoms with Crippen LogP contribution in [0.25, 0.3) is 10.9 Å². The third kappa shape index (κ3) is 1.84. The Balaban J connectivity index is 2.80. The Kier molecular flexibility index (Phi) is 2.78. The Hall–Kier alpha value is -2.37. The van der Waals surface area contributed by atoms with Gasteiger partial charge in [-0.3, -0.25) is 9.89 Å². The van der Waals surface area contributed by atoms with E-state index in [1.54, 1.807) is 13.0 Å². The lowest BCUT2D eigenvalue weighted by Gasteiger charge is -2.07. The molecule has 1 aromatic heterocycles. The lowest BCUT2D eigenvalue weighted by Crippen LogP contribution is -2.14. The van der Waals surface area contributed by atoms with E-state index in [9.17, 15) is 9.59 Å². The largest absolute Gasteiger partial charge is 0.462 e. The number of nitrogens with one attached hydrogen (secondary N) is 1. The summed E-state index contributed by atoms with van der Waals surface area (Å²) in [6, 6.07) is 3.13. The monoisotopic (exact) mass is 233 g/mol. The van der Waals surface area contributed by atoms with Gasteiger partial charge in [0.15, 0.2) is 0 Å². The minimum absolute atomic E-state index is 0.0907. The van der Waals surface area contributed by atoms with Gasteiger partial charge in [0.25, 0.3) is 0 Å². The van der Waals surface area contributed by atoms with Gasteiger partial charge in [0.2, 0.25) is 5.43 Å². The number of hydrogen-bond donors (Lipinski definition) is 2. The molecule has 0 fully saturated rings. The normalized spacial score (nSPS) is 10.4. The van der Waals surface area contributed by atoms with Crippen LogP contribution in [0.1, 0.15) is 17.3 Å². The van der Waals surface area contributed by atoms with Gasteiger partial charge >= 0.3 is 5.97 Å². The van der Waals surface area contributed by atoms with Gasteiger partial charge in [0.1, 0.15) is 0 Å². The Labute approximate surface area is 96.4 Å². The molecule has 0 bridgehead atoms. The average molecular weight is 233 g/mol. The third-order valence-corrected chi connectivity index (χ3v) is 2.33. The highest BCUT2D eigenvalue weighted by atomic mass is 16.5. The summed E-state index contributed by atoms with van der Waals surface area (Å²) in [6.07, 6.45) is 1.10. The van der Waals surface area contributed by atoms with Gasteiger partial charge in [-0.05, 0) is 19.1 Å². The zero-order chi connectivity index (χ0) is 12.4. The van der Waals surface area contributed by atoms with E-state index in [4.69, 9.17) is 10.5 Å². The molecule has 0 saturated heterocycles. The van der Waals surface area contributed by atoms with Gasteiger partial charge in [-0.1, -0.05) is 0 Å². The Morgan fingerprint density at radius 2 is 2.29 bits per heavy atom. The molecule has 0 aliphatic rings. The first-order chi connectivity index (χ1) is 8.15. The number of hydrogen-bond acceptors (Lipinski definition) is 5. The molecule has 3 N–H and O–H groups in total. The number of anilines is 1. The molecule has 0 aliphatic heterocycles. The third-order valence-electron chi connectivity index (χ3n) is 2.33. The molecule has 0 radical (unpaired) electrons. The molecular formula is C11H11N3O3. The minimum atomic E-state index is -0.604. The molecule has 2 rings (SSSR count). The van der Waals surface area contributed by atoms with Crippen molar-refractivity contribution in [1.82, 2.24) is 10.2 Å². The molecular weight excluding hydrogens is 222 g/mol. The summed E-state index contributed by atoms with van der Waals surface area (Å²) in [5, 5.41) is 6.51. The molecule has 1 heterocycles. The predicted octanol–water partition coefficient (Wildman–Crippen LogP) is 0.682. The van der Waals surface area contributed by atoms with Crippen LogP contribution in [0.2, 0.25) is 0 Å². The van der Waals surface area contributed by atoms with Crippen LogP contribution in [0, 0.1) is 0 Å². The maximum atomic E-state index is 11.8. The molecule has 1 aromatic carbocycles. The second-order valence-corrected chi connectivity index (χ2v) is 3.41. The Bertz CT molecular complexity index is 633. The highest BCUT2D eigenvalue weighted by Crippen LogP contribution is 2.20. The minimum Gasteiger partial charge on any atom is -0.462 e. The van der Waals surface area contributed by atoms with Gasteiger partial charge in [-0.25, -0.2) is 4.79 Å². The van der Waals surface area contributed by atoms with Crippen LogP contribution >= 0.6 is 0 Å². The predicted molar refractivity (Wildman–Crippen MR) is 62.7 cm³/mol. The van der Waals surface area contributed by atoms with Crippen molar-refractivity contribution in [3.63, 3.8) is 0 Å². The molecule has 0 unspecified atom stereocenters. The number of H-pyrrole nitrogens is 1. The van der Waals surface area contributed by atoms with E-state index < -0.39 is 5.97 Å². The fourth-order valence-corrected chi connectivity index (χ4v) is 1.62. The van der Waals surface area contributed by atoms with Crippen molar-refractivity contribution in [2.24, 2.45) is 0 Å². The lowest BCUT2D eigenvalue weighted by molar-refractivity contribution is 0.0530. The highest BCUT2D eigenvalue weighted by molar-refractivity contribution is 6.07. The number of nitrogens with two attached hydrogens (primary N) is 1. The number of aromatic amines is 1. The number of nitrogens with zero attached hydrogens (tertiary/aromatic N) is 1. The summed E-state index contributed by atoms with van der Waals surface area (Å²) < 4.78 is 4.88. The number of carbonyl (C=O) groups excluding carboxylic acids is 1. The summed E-state index contributed by atoms with van der Waals surface area (Å²) in [4.78, 5) is 23.5. The standard InChI is InChI=1S/C11H11N3O3/c1-2-17-11(16)9-6(12)3-4-7-10(9)8(15)5-13-14-7/h3-5H,2,12H2,1H3,(H,14,15). The Morgan fingerprint density at radius 1 is 1.53 bits per heavy atom. The highest BCUT2D eigenvalue weighted by Gasteiger charge is 2.17. The smallest absolute Gasteiger partial charge is 0.341 e. The fourth-order valence-electron chi connectivity index (χ4n) is 1.62. The van der Waals surface area contributed by atoms with Crippen LogP contribution in [-0.4, -0.2) is 22.8 Å². The number of carbonyl (C=O) groups is 1. The van der Waals surface area contributed by atoms with Crippen LogP contribution < -0.4 is 11.2 Å². The first kappa shape index (κ1) is 11.1. The van der Waals surface area contributed by atoms with E-state index in [0.29, 0.717) is 5.52 Å². The first-order valence-corrected chi connectivity index (χ1v) is 5.08. The number of fused-ring (bicyclic) bond motifs is 1. The number of ether oxygens (including phenoxy) is 1. The molecule has 0 aliphatic carbocycles. The van der Waals surface area contributed by atoms with Crippen molar-refractivity contribution in [1.29, 1.82) is 0 Å². The van der Waals surface area contributed by atoms with Gasteiger partial charge in [0, 0.05) is 5.69 Å². The number of nitrogen functional groups attached to an aromatic ring is 1. The lowest BCUT2D eigenvalue weighted by atomic mass is 10.1. The number of esters is 1. The van der Waals surface area contributed by atoms with Crippen molar-refractivity contribution >= 4 is 22.6 Å². The van der Waals surface area contributed by atoms with E-state index >= 15 is 0 Å². The number of aromatic nitrogens is 2. The molecule has 0 spiro atoms. The second-order valence-electron chi connectivity index (χ2n) is 3.41. The van der Waals surface area contributed by atoms with Gasteiger partial charge < -0.3 is 10.5 Å². The summed E-state index contributed by atoms with van der Waals surface area (Å²) in [7, 11) is 0. The van der Waals surface area contributed by atoms with Gasteiger partial charge in [-0.2, -0.15) is 5.10 Å². The number of benzene rings is 1. The van der Waals surface area contributed by atoms with E-state index in [0.717, 1.165) is 6.20 Å². The zero-order valence-corrected chi connectivity index (χ0v) is 9.19. The van der Waals surface area contributed by atoms with Crippen molar-refractivity contribution in [3.05, 3.63) is 34.1 Å². The van der Waals surface area contributed by atoms with E-state index in [1.165, 1.54) is 6.07 Å². The Morgan fingerprint density at radius 3 is 3.00 bits per heavy atom. The maximum Gasteiger partial charge on any atom is 0.341 e. The summed E-state index contributed by atoms with van der Waals surface area (Å²) >= 11 is 0. The fraction of sp³-hybridized carbons (Fsp3) is 0.182. The van der Waals surface area contributed by atoms with Crippen LogP contribution in [0.3, 0.4) is 0 Å². The van der Waals surface area contributed by atoms with E-state index in [1.807, 2.05) is 0 Å². The second kappa shape index (κ2) is 4.25. The van der Waals surface area contributed by atoms with Crippen LogP contribution in [0.5, 0.6) is 0 Å². The first-order valence-electron chi connectivity index (χ1n) is 5.08. The van der Waals surface area contributed by atoms with Crippen molar-refractivity contribution < 1.29 is 9.53 Å². The zero-order valence-electron chi connectivity index (χ0n) is 9.19. The molecule has 0 saturated carbocycles. The molecule has 88 valence electrons. The van der Waals surface area contributed by atoms with E-state index in [-0.39, 0.29) is 28.7 Å². The quantitative estimate of drug-likeness (QED) is 0.587. The summed E-state index contributed by atoms with van der Waals surface area (Å²) in [5.41, 5.74) is 6.11. The van der Waals surface area contributed by atoms with Crippen LogP contribution in [0.4, 0.5) is 5.69 Å². The maximum absolute atomic E-state index is 11.8. The van der Waals surface area contributed by atoms with Crippen LogP contribution in [0.15, 0.2) is 23.1 Å². The number of rotatable bonds is 2.